The smallest absolute Gasteiger partial charge is 0.0995 e. The lowest BCUT2D eigenvalue weighted by atomic mass is 10.1. The Morgan fingerprint density at radius 1 is 0.800 bits per heavy atom. The fraction of sp³-hybridized carbons (Fsp3) is 0. The van der Waals surface area contributed by atoms with E-state index in [9.17, 15) is 0 Å². The Bertz CT molecular complexity index is 838. The summed E-state index contributed by atoms with van der Waals surface area (Å²) in [6.07, 6.45) is 4.81. The van der Waals surface area contributed by atoms with Gasteiger partial charge in [0.05, 0.1) is 34.6 Å². The van der Waals surface area contributed by atoms with E-state index in [1.54, 1.807) is 6.20 Å². The van der Waals surface area contributed by atoms with Crippen molar-refractivity contribution in [3.05, 3.63) is 67.0 Å². The monoisotopic (exact) mass is 256 g/mol. The van der Waals surface area contributed by atoms with Gasteiger partial charge in [0, 0.05) is 10.9 Å². The molecular weight excluding hydrogens is 246 g/mol. The predicted octanol–water partition coefficient (Wildman–Crippen LogP) is 3.65. The topological polar surface area (TPSA) is 38.7 Å². The van der Waals surface area contributed by atoms with E-state index >= 15 is 0 Å². The number of pyridine rings is 1. The molecule has 0 saturated carbocycles. The van der Waals surface area contributed by atoms with Crippen molar-refractivity contribution in [2.24, 2.45) is 0 Å². The Kier molecular flexibility index (Phi) is 2.42. The standard InChI is InChI=1S/C17H10N3/c1-2-6-14-12(5-1)9-13(10-18-14)17-11-19-15-7-3-4-8-16(15)20-17/h1-9,11H. The summed E-state index contributed by atoms with van der Waals surface area (Å²) in [5, 5.41) is 1.08. The van der Waals surface area contributed by atoms with E-state index in [1.807, 2.05) is 54.6 Å². The number of hydrogen-bond acceptors (Lipinski definition) is 3. The minimum absolute atomic E-state index is 0.793. The molecule has 0 saturated heterocycles. The van der Waals surface area contributed by atoms with Gasteiger partial charge in [0.1, 0.15) is 0 Å². The SMILES string of the molecule is [c]1nc2ccccc2cc1-c1cnc2ccccc2n1. The zero-order chi connectivity index (χ0) is 13.4. The molecule has 93 valence electrons. The summed E-state index contributed by atoms with van der Waals surface area (Å²) >= 11 is 0. The summed E-state index contributed by atoms with van der Waals surface area (Å²) in [5.74, 6) is 0. The Hall–Kier alpha value is -2.81. The van der Waals surface area contributed by atoms with Gasteiger partial charge in [-0.1, -0.05) is 30.3 Å². The van der Waals surface area contributed by atoms with E-state index in [1.165, 1.54) is 0 Å². The van der Waals surface area contributed by atoms with Gasteiger partial charge in [-0.15, -0.1) is 0 Å². The van der Waals surface area contributed by atoms with Crippen molar-refractivity contribution in [3.63, 3.8) is 0 Å². The van der Waals surface area contributed by atoms with Crippen LogP contribution >= 0.6 is 0 Å². The average Bonchev–Trinajstić information content (AvgIpc) is 2.54. The fourth-order valence-corrected chi connectivity index (χ4v) is 2.24. The van der Waals surface area contributed by atoms with Crippen LogP contribution in [0.5, 0.6) is 0 Å². The van der Waals surface area contributed by atoms with Gasteiger partial charge >= 0.3 is 0 Å². The molecule has 1 radical (unpaired) electrons. The number of para-hydroxylation sites is 3. The zero-order valence-electron chi connectivity index (χ0n) is 10.6. The van der Waals surface area contributed by atoms with Crippen LogP contribution in [0, 0.1) is 6.20 Å². The second-order valence-electron chi connectivity index (χ2n) is 4.58. The summed E-state index contributed by atoms with van der Waals surface area (Å²) in [4.78, 5) is 13.4. The molecule has 0 fully saturated rings. The first-order valence-corrected chi connectivity index (χ1v) is 6.40. The molecule has 3 nitrogen and oxygen atoms in total. The molecule has 0 aliphatic heterocycles. The lowest BCUT2D eigenvalue weighted by molar-refractivity contribution is 1.28. The van der Waals surface area contributed by atoms with Crippen molar-refractivity contribution in [2.75, 3.05) is 0 Å². The van der Waals surface area contributed by atoms with Gasteiger partial charge in [-0.2, -0.15) is 0 Å². The van der Waals surface area contributed by atoms with Crippen molar-refractivity contribution in [2.45, 2.75) is 0 Å². The van der Waals surface area contributed by atoms with Crippen LogP contribution < -0.4 is 0 Å². The highest BCUT2D eigenvalue weighted by molar-refractivity contribution is 5.83. The van der Waals surface area contributed by atoms with Gasteiger partial charge < -0.3 is 0 Å². The lowest BCUT2D eigenvalue weighted by Crippen LogP contribution is -1.90. The zero-order valence-corrected chi connectivity index (χ0v) is 10.6. The van der Waals surface area contributed by atoms with Crippen molar-refractivity contribution >= 4 is 21.9 Å². The maximum atomic E-state index is 4.62. The molecule has 0 bridgehead atoms. The van der Waals surface area contributed by atoms with Gasteiger partial charge in [-0.25, -0.2) is 9.97 Å². The quantitative estimate of drug-likeness (QED) is 0.522. The first-order valence-electron chi connectivity index (χ1n) is 6.40. The van der Waals surface area contributed by atoms with E-state index in [0.29, 0.717) is 0 Å². The maximum absolute atomic E-state index is 4.62. The molecule has 4 aromatic rings. The second kappa shape index (κ2) is 4.38. The van der Waals surface area contributed by atoms with Crippen LogP contribution in [0.25, 0.3) is 33.2 Å². The molecule has 0 aliphatic rings. The number of fused-ring (bicyclic) bond motifs is 2. The highest BCUT2D eigenvalue weighted by Crippen LogP contribution is 2.21. The summed E-state index contributed by atoms with van der Waals surface area (Å²) in [7, 11) is 0. The third-order valence-corrected chi connectivity index (χ3v) is 3.26. The minimum atomic E-state index is 0.793. The molecule has 20 heavy (non-hydrogen) atoms. The van der Waals surface area contributed by atoms with Gasteiger partial charge in [0.2, 0.25) is 0 Å². The number of hydrogen-bond donors (Lipinski definition) is 0. The molecule has 0 amide bonds. The van der Waals surface area contributed by atoms with Crippen LogP contribution in [-0.4, -0.2) is 15.0 Å². The molecule has 0 atom stereocenters. The van der Waals surface area contributed by atoms with Gasteiger partial charge in [-0.3, -0.25) is 4.98 Å². The molecule has 2 aromatic heterocycles. The second-order valence-corrected chi connectivity index (χ2v) is 4.58. The fourth-order valence-electron chi connectivity index (χ4n) is 2.24. The van der Waals surface area contributed by atoms with E-state index in [-0.39, 0.29) is 0 Å². The van der Waals surface area contributed by atoms with E-state index in [2.05, 4.69) is 21.1 Å². The van der Waals surface area contributed by atoms with Crippen LogP contribution in [0.3, 0.4) is 0 Å². The van der Waals surface area contributed by atoms with Crippen LogP contribution in [0.15, 0.2) is 60.8 Å². The first kappa shape index (κ1) is 11.1. The van der Waals surface area contributed by atoms with Crippen LogP contribution in [0.1, 0.15) is 0 Å². The summed E-state index contributed by atoms with van der Waals surface area (Å²) in [6.45, 7) is 0. The molecule has 0 spiro atoms. The van der Waals surface area contributed by atoms with Crippen molar-refractivity contribution in [3.8, 4) is 11.3 Å². The molecule has 0 N–H and O–H groups in total. The Labute approximate surface area is 116 Å². The Balaban J connectivity index is 1.91. The highest BCUT2D eigenvalue weighted by Gasteiger charge is 2.04. The Morgan fingerprint density at radius 3 is 2.45 bits per heavy atom. The van der Waals surface area contributed by atoms with E-state index in [4.69, 9.17) is 0 Å². The number of nitrogens with zero attached hydrogens (tertiary/aromatic N) is 3. The third kappa shape index (κ3) is 1.80. The van der Waals surface area contributed by atoms with E-state index in [0.717, 1.165) is 33.2 Å². The summed E-state index contributed by atoms with van der Waals surface area (Å²) in [6, 6.07) is 17.9. The highest BCUT2D eigenvalue weighted by atomic mass is 14.8. The molecule has 4 rings (SSSR count). The number of benzene rings is 2. The van der Waals surface area contributed by atoms with Crippen LogP contribution in [0.2, 0.25) is 0 Å². The van der Waals surface area contributed by atoms with Crippen molar-refractivity contribution in [1.82, 2.24) is 15.0 Å². The summed E-state index contributed by atoms with van der Waals surface area (Å²) in [5.41, 5.74) is 4.37. The number of rotatable bonds is 1. The minimum Gasteiger partial charge on any atom is -0.252 e. The van der Waals surface area contributed by atoms with Crippen molar-refractivity contribution < 1.29 is 0 Å². The van der Waals surface area contributed by atoms with Gasteiger partial charge in [-0.05, 0) is 24.3 Å². The Morgan fingerprint density at radius 2 is 1.55 bits per heavy atom. The van der Waals surface area contributed by atoms with Crippen LogP contribution in [0.4, 0.5) is 0 Å². The normalized spacial score (nSPS) is 11.0. The van der Waals surface area contributed by atoms with Gasteiger partial charge in [0.25, 0.3) is 0 Å². The molecule has 3 heteroatoms. The summed E-state index contributed by atoms with van der Waals surface area (Å²) < 4.78 is 0. The average molecular weight is 256 g/mol. The first-order chi connectivity index (χ1) is 9.90. The van der Waals surface area contributed by atoms with Gasteiger partial charge in [0.15, 0.2) is 0 Å². The maximum Gasteiger partial charge on any atom is 0.0995 e. The van der Waals surface area contributed by atoms with Crippen molar-refractivity contribution in [1.29, 1.82) is 0 Å². The molecule has 2 aromatic carbocycles. The molecule has 0 aliphatic carbocycles. The number of aromatic nitrogens is 3. The molecular formula is C17H10N3. The largest absolute Gasteiger partial charge is 0.252 e. The molecule has 0 unspecified atom stereocenters. The predicted molar refractivity (Wildman–Crippen MR) is 79.1 cm³/mol. The molecule has 2 heterocycles. The van der Waals surface area contributed by atoms with Crippen LogP contribution in [-0.2, 0) is 0 Å². The lowest BCUT2D eigenvalue weighted by Gasteiger charge is -2.03. The third-order valence-electron chi connectivity index (χ3n) is 3.26. The van der Waals surface area contributed by atoms with E-state index < -0.39 is 0 Å².